The number of hydrogen-bond donors (Lipinski definition) is 0. The number of aromatic nitrogens is 2. The molecule has 1 atom stereocenters. The lowest BCUT2D eigenvalue weighted by Gasteiger charge is -2.22. The summed E-state index contributed by atoms with van der Waals surface area (Å²) in [7, 11) is 0. The molecule has 1 aliphatic rings. The predicted molar refractivity (Wildman–Crippen MR) is 126 cm³/mol. The number of anilines is 1. The van der Waals surface area contributed by atoms with Gasteiger partial charge in [-0.1, -0.05) is 61.1 Å². The highest BCUT2D eigenvalue weighted by Crippen LogP contribution is 2.42. The number of rotatable bonds is 5. The summed E-state index contributed by atoms with van der Waals surface area (Å²) in [6.45, 7) is 6.10. The lowest BCUT2D eigenvalue weighted by molar-refractivity contribution is 0.0970. The van der Waals surface area contributed by atoms with Crippen molar-refractivity contribution >= 4 is 33.3 Å². The minimum absolute atomic E-state index is 0.0863. The van der Waals surface area contributed by atoms with Crippen LogP contribution in [0.2, 0.25) is 0 Å². The van der Waals surface area contributed by atoms with E-state index in [1.54, 1.807) is 11.0 Å². The lowest BCUT2D eigenvalue weighted by Crippen LogP contribution is -2.29. The van der Waals surface area contributed by atoms with E-state index in [1.165, 1.54) is 16.9 Å². The molecule has 0 spiro atoms. The maximum atomic E-state index is 13.6. The Bertz CT molecular complexity index is 1390. The van der Waals surface area contributed by atoms with Gasteiger partial charge in [-0.3, -0.25) is 14.5 Å². The SMILES string of the molecule is CCCc1nnc(N2C(=O)c3oc4ccc(C)cc4c(=O)c3C2c2ccc(CC)cc2)s1. The largest absolute Gasteiger partial charge is 0.450 e. The van der Waals surface area contributed by atoms with Crippen molar-refractivity contribution in [1.82, 2.24) is 10.2 Å². The number of carbonyl (C=O) groups is 1. The molecule has 1 unspecified atom stereocenters. The van der Waals surface area contributed by atoms with Crippen molar-refractivity contribution in [3.63, 3.8) is 0 Å². The van der Waals surface area contributed by atoms with E-state index in [9.17, 15) is 9.59 Å². The number of hydrogen-bond acceptors (Lipinski definition) is 6. The van der Waals surface area contributed by atoms with Crippen LogP contribution in [0.5, 0.6) is 0 Å². The molecular weight excluding hydrogens is 422 g/mol. The molecule has 0 fully saturated rings. The Morgan fingerprint density at radius 1 is 1.06 bits per heavy atom. The monoisotopic (exact) mass is 445 g/mol. The molecule has 0 aliphatic carbocycles. The van der Waals surface area contributed by atoms with Crippen molar-refractivity contribution in [2.24, 2.45) is 0 Å². The Kier molecular flexibility index (Phi) is 5.13. The van der Waals surface area contributed by atoms with E-state index in [0.717, 1.165) is 35.4 Å². The number of aryl methyl sites for hydroxylation is 3. The van der Waals surface area contributed by atoms with Crippen LogP contribution in [-0.2, 0) is 12.8 Å². The van der Waals surface area contributed by atoms with Crippen LogP contribution >= 0.6 is 11.3 Å². The molecule has 0 radical (unpaired) electrons. The molecule has 2 aromatic carbocycles. The summed E-state index contributed by atoms with van der Waals surface area (Å²) >= 11 is 1.39. The van der Waals surface area contributed by atoms with Crippen LogP contribution in [0.3, 0.4) is 0 Å². The van der Waals surface area contributed by atoms with Crippen LogP contribution in [0.4, 0.5) is 5.13 Å². The fraction of sp³-hybridized carbons (Fsp3) is 0.280. The van der Waals surface area contributed by atoms with E-state index in [-0.39, 0.29) is 17.1 Å². The molecule has 32 heavy (non-hydrogen) atoms. The summed E-state index contributed by atoms with van der Waals surface area (Å²) in [5.74, 6) is -0.272. The summed E-state index contributed by atoms with van der Waals surface area (Å²) in [6.07, 6.45) is 2.64. The molecule has 1 aliphatic heterocycles. The highest BCUT2D eigenvalue weighted by atomic mass is 32.1. The van der Waals surface area contributed by atoms with Gasteiger partial charge in [0.2, 0.25) is 10.9 Å². The van der Waals surface area contributed by atoms with Gasteiger partial charge in [-0.05, 0) is 43.0 Å². The molecule has 6 nitrogen and oxygen atoms in total. The normalized spacial score (nSPS) is 15.5. The molecule has 3 heterocycles. The number of amides is 1. The van der Waals surface area contributed by atoms with Gasteiger partial charge in [0.05, 0.1) is 17.0 Å². The Hall–Kier alpha value is -3.32. The van der Waals surface area contributed by atoms with E-state index >= 15 is 0 Å². The Morgan fingerprint density at radius 2 is 1.84 bits per heavy atom. The summed E-state index contributed by atoms with van der Waals surface area (Å²) in [6, 6.07) is 12.9. The first-order valence-corrected chi connectivity index (χ1v) is 11.7. The zero-order valence-electron chi connectivity index (χ0n) is 18.2. The van der Waals surface area contributed by atoms with Gasteiger partial charge in [-0.25, -0.2) is 0 Å². The van der Waals surface area contributed by atoms with Crippen LogP contribution in [0.15, 0.2) is 51.7 Å². The molecule has 4 aromatic rings. The third-order valence-electron chi connectivity index (χ3n) is 5.86. The highest BCUT2D eigenvalue weighted by molar-refractivity contribution is 7.15. The Morgan fingerprint density at radius 3 is 2.56 bits per heavy atom. The van der Waals surface area contributed by atoms with Crippen LogP contribution < -0.4 is 10.3 Å². The molecule has 5 rings (SSSR count). The van der Waals surface area contributed by atoms with Gasteiger partial charge in [-0.15, -0.1) is 10.2 Å². The second kappa shape index (κ2) is 7.98. The molecule has 0 saturated heterocycles. The number of carbonyl (C=O) groups excluding carboxylic acids is 1. The van der Waals surface area contributed by atoms with Crippen molar-refractivity contribution in [2.75, 3.05) is 4.90 Å². The topological polar surface area (TPSA) is 76.3 Å². The van der Waals surface area contributed by atoms with Gasteiger partial charge in [0.15, 0.2) is 5.43 Å². The minimum Gasteiger partial charge on any atom is -0.450 e. The van der Waals surface area contributed by atoms with Gasteiger partial charge in [0.1, 0.15) is 10.6 Å². The van der Waals surface area contributed by atoms with Crippen molar-refractivity contribution in [1.29, 1.82) is 0 Å². The van der Waals surface area contributed by atoms with Gasteiger partial charge in [-0.2, -0.15) is 0 Å². The van der Waals surface area contributed by atoms with E-state index in [2.05, 4.69) is 24.0 Å². The summed E-state index contributed by atoms with van der Waals surface area (Å²) < 4.78 is 6.02. The van der Waals surface area contributed by atoms with Crippen molar-refractivity contribution < 1.29 is 9.21 Å². The smallest absolute Gasteiger partial charge is 0.297 e. The predicted octanol–water partition coefficient (Wildman–Crippen LogP) is 5.22. The quantitative estimate of drug-likeness (QED) is 0.421. The fourth-order valence-electron chi connectivity index (χ4n) is 4.19. The van der Waals surface area contributed by atoms with E-state index in [0.29, 0.717) is 21.7 Å². The van der Waals surface area contributed by atoms with Gasteiger partial charge >= 0.3 is 0 Å². The third kappa shape index (κ3) is 3.24. The summed E-state index contributed by atoms with van der Waals surface area (Å²) in [5.41, 5.74) is 3.60. The Labute approximate surface area is 189 Å². The van der Waals surface area contributed by atoms with Crippen molar-refractivity contribution in [3.8, 4) is 0 Å². The van der Waals surface area contributed by atoms with Crippen molar-refractivity contribution in [2.45, 2.75) is 46.1 Å². The Balaban J connectivity index is 1.75. The second-order valence-electron chi connectivity index (χ2n) is 8.07. The van der Waals surface area contributed by atoms with E-state index < -0.39 is 6.04 Å². The zero-order valence-corrected chi connectivity index (χ0v) is 19.0. The summed E-state index contributed by atoms with van der Waals surface area (Å²) in [4.78, 5) is 28.8. The lowest BCUT2D eigenvalue weighted by atomic mass is 9.97. The second-order valence-corrected chi connectivity index (χ2v) is 9.12. The molecule has 1 amide bonds. The third-order valence-corrected chi connectivity index (χ3v) is 6.84. The standard InChI is InChI=1S/C25H23N3O3S/c1-4-6-19-26-27-25(32-19)28-21(16-10-8-15(5-2)9-11-16)20-22(29)17-13-14(3)7-12-18(17)31-23(20)24(28)30/h7-13,21H,4-6H2,1-3H3. The first kappa shape index (κ1) is 20.6. The molecule has 2 aromatic heterocycles. The maximum Gasteiger partial charge on any atom is 0.297 e. The van der Waals surface area contributed by atoms with Crippen LogP contribution in [0.1, 0.15) is 64.1 Å². The van der Waals surface area contributed by atoms with Crippen LogP contribution in [0.25, 0.3) is 11.0 Å². The average molecular weight is 446 g/mol. The molecule has 0 N–H and O–H groups in total. The average Bonchev–Trinajstić information content (AvgIpc) is 3.37. The molecule has 7 heteroatoms. The molecule has 0 bridgehead atoms. The van der Waals surface area contributed by atoms with Crippen LogP contribution in [0, 0.1) is 6.92 Å². The first-order valence-electron chi connectivity index (χ1n) is 10.8. The molecule has 0 saturated carbocycles. The van der Waals surface area contributed by atoms with Crippen LogP contribution in [-0.4, -0.2) is 16.1 Å². The van der Waals surface area contributed by atoms with E-state index in [1.807, 2.05) is 43.3 Å². The van der Waals surface area contributed by atoms with Gasteiger partial charge in [0.25, 0.3) is 5.91 Å². The number of fused-ring (bicyclic) bond motifs is 2. The first-order chi connectivity index (χ1) is 15.5. The minimum atomic E-state index is -0.605. The maximum absolute atomic E-state index is 13.6. The summed E-state index contributed by atoms with van der Waals surface area (Å²) in [5, 5.41) is 10.4. The number of benzene rings is 2. The number of nitrogens with zero attached hydrogens (tertiary/aromatic N) is 3. The van der Waals surface area contributed by atoms with E-state index in [4.69, 9.17) is 4.42 Å². The fourth-order valence-corrected chi connectivity index (χ4v) is 5.16. The van der Waals surface area contributed by atoms with Gasteiger partial charge < -0.3 is 4.42 Å². The van der Waals surface area contributed by atoms with Crippen molar-refractivity contribution in [3.05, 3.63) is 85.7 Å². The van der Waals surface area contributed by atoms with Gasteiger partial charge in [0, 0.05) is 6.42 Å². The molecular formula is C25H23N3O3S. The highest BCUT2D eigenvalue weighted by Gasteiger charge is 2.45. The zero-order chi connectivity index (χ0) is 22.4. The molecule has 162 valence electrons.